The van der Waals surface area contributed by atoms with Gasteiger partial charge in [0.2, 0.25) is 5.91 Å². The Morgan fingerprint density at radius 2 is 1.64 bits per heavy atom. The van der Waals surface area contributed by atoms with E-state index in [1.165, 1.54) is 30.7 Å². The van der Waals surface area contributed by atoms with Crippen molar-refractivity contribution in [3.63, 3.8) is 0 Å². The van der Waals surface area contributed by atoms with Gasteiger partial charge in [0.25, 0.3) is 0 Å². The molecule has 1 aliphatic heterocycles. The first-order valence-electron chi connectivity index (χ1n) is 10.0. The van der Waals surface area contributed by atoms with Crippen LogP contribution in [0, 0.1) is 11.3 Å². The van der Waals surface area contributed by atoms with Crippen LogP contribution in [0.3, 0.4) is 0 Å². The minimum Gasteiger partial charge on any atom is -0.390 e. The zero-order valence-electron chi connectivity index (χ0n) is 15.7. The first-order valence-corrected chi connectivity index (χ1v) is 10.0. The van der Waals surface area contributed by atoms with Crippen molar-refractivity contribution in [3.05, 3.63) is 29.8 Å². The molecule has 0 radical (unpaired) electrons. The number of carbonyl (C=O) groups excluding carboxylic acids is 1. The second-order valence-corrected chi connectivity index (χ2v) is 8.75. The van der Waals surface area contributed by atoms with Crippen LogP contribution in [-0.4, -0.2) is 34.4 Å². The number of anilines is 1. The second kappa shape index (κ2) is 6.73. The predicted molar refractivity (Wildman–Crippen MR) is 97.6 cm³/mol. The summed E-state index contributed by atoms with van der Waals surface area (Å²) >= 11 is 0. The summed E-state index contributed by atoms with van der Waals surface area (Å²) < 4.78 is 38.0. The summed E-state index contributed by atoms with van der Waals surface area (Å²) in [5.74, 6) is 0.373. The molecule has 1 amide bonds. The average molecular weight is 397 g/mol. The molecule has 0 unspecified atom stereocenters. The molecule has 1 saturated heterocycles. The highest BCUT2D eigenvalue weighted by Gasteiger charge is 2.53. The van der Waals surface area contributed by atoms with Gasteiger partial charge in [-0.1, -0.05) is 18.6 Å². The number of amides is 1. The standard InChI is InChI=1S/C21H26F3NO3/c22-21(23,24)17(26)14-4-6-16(7-5-14)25-13-12-19(18(25)27)8-10-20(28,11-9-19)15-2-1-3-15/h4-7,15,17,26,28H,1-3,8-13H2/t17-,19-,20-/m1/s1. The van der Waals surface area contributed by atoms with Gasteiger partial charge in [0.1, 0.15) is 0 Å². The number of hydrogen-bond donors (Lipinski definition) is 2. The van der Waals surface area contributed by atoms with E-state index in [9.17, 15) is 28.2 Å². The average Bonchev–Trinajstić information content (AvgIpc) is 2.92. The number of carbonyl (C=O) groups is 1. The van der Waals surface area contributed by atoms with Crippen molar-refractivity contribution < 1.29 is 28.2 Å². The minimum absolute atomic E-state index is 0.00674. The van der Waals surface area contributed by atoms with Gasteiger partial charge in [-0.05, 0) is 68.6 Å². The Kier molecular flexibility index (Phi) is 4.74. The van der Waals surface area contributed by atoms with Gasteiger partial charge in [0, 0.05) is 12.2 Å². The number of benzene rings is 1. The molecule has 2 saturated carbocycles. The summed E-state index contributed by atoms with van der Waals surface area (Å²) in [6.07, 6.45) is -0.593. The summed E-state index contributed by atoms with van der Waals surface area (Å²) in [5.41, 5.74) is -0.771. The van der Waals surface area contributed by atoms with E-state index in [4.69, 9.17) is 0 Å². The number of alkyl halides is 3. The Labute approximate surface area is 162 Å². The van der Waals surface area contributed by atoms with Crippen molar-refractivity contribution in [2.45, 2.75) is 69.2 Å². The topological polar surface area (TPSA) is 60.8 Å². The summed E-state index contributed by atoms with van der Waals surface area (Å²) in [6.45, 7) is 0.530. The van der Waals surface area contributed by atoms with Crippen LogP contribution in [0.2, 0.25) is 0 Å². The van der Waals surface area contributed by atoms with Gasteiger partial charge in [-0.15, -0.1) is 0 Å². The van der Waals surface area contributed by atoms with Crippen LogP contribution < -0.4 is 4.90 Å². The number of aliphatic hydroxyl groups excluding tert-OH is 1. The number of rotatable bonds is 3. The molecule has 2 N–H and O–H groups in total. The lowest BCUT2D eigenvalue weighted by Gasteiger charge is -2.48. The fourth-order valence-electron chi connectivity index (χ4n) is 5.07. The molecule has 3 fully saturated rings. The maximum Gasteiger partial charge on any atom is 0.418 e. The molecule has 0 aromatic heterocycles. The van der Waals surface area contributed by atoms with Crippen LogP contribution in [0.1, 0.15) is 63.0 Å². The van der Waals surface area contributed by atoms with Crippen molar-refractivity contribution in [2.24, 2.45) is 11.3 Å². The van der Waals surface area contributed by atoms with Crippen molar-refractivity contribution in [1.82, 2.24) is 0 Å². The molecule has 28 heavy (non-hydrogen) atoms. The van der Waals surface area contributed by atoms with Gasteiger partial charge >= 0.3 is 6.18 Å². The second-order valence-electron chi connectivity index (χ2n) is 8.75. The molecule has 0 bridgehead atoms. The smallest absolute Gasteiger partial charge is 0.390 e. The van der Waals surface area contributed by atoms with E-state index in [1.54, 1.807) is 4.90 Å². The zero-order valence-corrected chi connectivity index (χ0v) is 15.7. The minimum atomic E-state index is -4.71. The third-order valence-corrected chi connectivity index (χ3v) is 7.28. The fourth-order valence-corrected chi connectivity index (χ4v) is 5.07. The number of aliphatic hydroxyl groups is 2. The van der Waals surface area contributed by atoms with Crippen molar-refractivity contribution in [2.75, 3.05) is 11.4 Å². The summed E-state index contributed by atoms with van der Waals surface area (Å²) in [6, 6.07) is 5.38. The van der Waals surface area contributed by atoms with Gasteiger partial charge in [0.15, 0.2) is 6.10 Å². The zero-order chi connectivity index (χ0) is 20.2. The van der Waals surface area contributed by atoms with Crippen LogP contribution in [0.4, 0.5) is 18.9 Å². The normalized spacial score (nSPS) is 32.6. The Balaban J connectivity index is 1.45. The Morgan fingerprint density at radius 1 is 1.04 bits per heavy atom. The number of nitrogens with zero attached hydrogens (tertiary/aromatic N) is 1. The van der Waals surface area contributed by atoms with Gasteiger partial charge in [-0.3, -0.25) is 4.79 Å². The van der Waals surface area contributed by atoms with E-state index in [2.05, 4.69) is 0 Å². The van der Waals surface area contributed by atoms with Crippen LogP contribution in [0.25, 0.3) is 0 Å². The largest absolute Gasteiger partial charge is 0.418 e. The summed E-state index contributed by atoms with van der Waals surface area (Å²) in [7, 11) is 0. The maximum absolute atomic E-state index is 13.1. The molecule has 1 aromatic rings. The lowest BCUT2D eigenvalue weighted by molar-refractivity contribution is -0.206. The van der Waals surface area contributed by atoms with E-state index in [1.807, 2.05) is 0 Å². The molecule has 2 aliphatic carbocycles. The van der Waals surface area contributed by atoms with Crippen LogP contribution in [-0.2, 0) is 4.79 Å². The first kappa shape index (κ1) is 19.7. The van der Waals surface area contributed by atoms with Gasteiger partial charge in [0.05, 0.1) is 11.0 Å². The van der Waals surface area contributed by atoms with E-state index >= 15 is 0 Å². The van der Waals surface area contributed by atoms with Gasteiger partial charge in [-0.25, -0.2) is 0 Å². The monoisotopic (exact) mass is 397 g/mol. The molecular weight excluding hydrogens is 371 g/mol. The molecule has 1 aromatic carbocycles. The maximum atomic E-state index is 13.1. The predicted octanol–water partition coefficient (Wildman–Crippen LogP) is 4.11. The molecule has 4 rings (SSSR count). The molecule has 1 heterocycles. The molecule has 4 nitrogen and oxygen atoms in total. The van der Waals surface area contributed by atoms with E-state index in [-0.39, 0.29) is 11.5 Å². The number of halogens is 3. The van der Waals surface area contributed by atoms with Crippen molar-refractivity contribution in [3.8, 4) is 0 Å². The SMILES string of the molecule is O=C1N(c2ccc([C@@H](O)C(F)(F)F)cc2)CC[C@]12CC[C@](O)(C1CCC1)CC2. The Morgan fingerprint density at radius 3 is 2.14 bits per heavy atom. The third kappa shape index (κ3) is 3.22. The highest BCUT2D eigenvalue weighted by atomic mass is 19.4. The molecule has 154 valence electrons. The van der Waals surface area contributed by atoms with E-state index in [0.29, 0.717) is 50.3 Å². The Bertz CT molecular complexity index is 734. The lowest BCUT2D eigenvalue weighted by atomic mass is 9.60. The molecule has 3 aliphatic rings. The number of hydrogen-bond acceptors (Lipinski definition) is 3. The van der Waals surface area contributed by atoms with Gasteiger partial charge in [-0.2, -0.15) is 13.2 Å². The molecule has 1 spiro atoms. The van der Waals surface area contributed by atoms with Gasteiger partial charge < -0.3 is 15.1 Å². The Hall–Kier alpha value is -1.60. The van der Waals surface area contributed by atoms with Crippen molar-refractivity contribution >= 4 is 11.6 Å². The van der Waals surface area contributed by atoms with Crippen LogP contribution in [0.15, 0.2) is 24.3 Å². The quantitative estimate of drug-likeness (QED) is 0.807. The van der Waals surface area contributed by atoms with E-state index in [0.717, 1.165) is 12.8 Å². The molecule has 7 heteroatoms. The summed E-state index contributed by atoms with van der Waals surface area (Å²) in [5, 5.41) is 20.3. The van der Waals surface area contributed by atoms with Crippen LogP contribution in [0.5, 0.6) is 0 Å². The molecular formula is C21H26F3NO3. The highest BCUT2D eigenvalue weighted by Crippen LogP contribution is 2.53. The molecule has 1 atom stereocenters. The lowest BCUT2D eigenvalue weighted by Crippen LogP contribution is -2.49. The van der Waals surface area contributed by atoms with E-state index < -0.39 is 23.3 Å². The first-order chi connectivity index (χ1) is 13.1. The third-order valence-electron chi connectivity index (χ3n) is 7.28. The van der Waals surface area contributed by atoms with Crippen LogP contribution >= 0.6 is 0 Å². The summed E-state index contributed by atoms with van der Waals surface area (Å²) in [4.78, 5) is 14.8. The highest BCUT2D eigenvalue weighted by molar-refractivity contribution is 6.00. The fraction of sp³-hybridized carbons (Fsp3) is 0.667. The van der Waals surface area contributed by atoms with Crippen molar-refractivity contribution in [1.29, 1.82) is 0 Å².